The quantitative estimate of drug-likeness (QED) is 0.407. The molecule has 34 heavy (non-hydrogen) atoms. The zero-order valence-electron chi connectivity index (χ0n) is 21.8. The molecule has 0 amide bonds. The Bertz CT molecular complexity index is 788. The molecule has 3 N–H and O–H groups in total. The summed E-state index contributed by atoms with van der Waals surface area (Å²) in [5.41, 5.74) is -1.36. The Morgan fingerprint density at radius 3 is 2.41 bits per heavy atom. The van der Waals surface area contributed by atoms with Crippen LogP contribution in [0.2, 0.25) is 0 Å². The molecule has 0 aromatic heterocycles. The molecule has 0 aromatic rings. The number of Topliss-reactive ketones (excluding diaryl/α,β-unsaturated/α-hetero) is 1. The molecule has 0 saturated heterocycles. The molecule has 194 valence electrons. The first-order valence-electron chi connectivity index (χ1n) is 13.6. The van der Waals surface area contributed by atoms with E-state index in [4.69, 9.17) is 4.74 Å². The maximum atomic E-state index is 12.3. The van der Waals surface area contributed by atoms with Crippen LogP contribution in [0.3, 0.4) is 0 Å². The Hall–Kier alpha value is -0.980. The molecule has 6 heteroatoms. The highest BCUT2D eigenvalue weighted by Gasteiger charge is 2.64. The summed E-state index contributed by atoms with van der Waals surface area (Å²) in [6.45, 7) is 9.72. The van der Waals surface area contributed by atoms with E-state index < -0.39 is 29.1 Å². The highest BCUT2D eigenvalue weighted by Crippen LogP contribution is 2.65. The second kappa shape index (κ2) is 9.15. The van der Waals surface area contributed by atoms with Gasteiger partial charge in [-0.1, -0.05) is 13.8 Å². The van der Waals surface area contributed by atoms with Gasteiger partial charge in [0.1, 0.15) is 5.60 Å². The average Bonchev–Trinajstić information content (AvgIpc) is 3.09. The number of aliphatic hydroxyl groups excluding tert-OH is 2. The van der Waals surface area contributed by atoms with Gasteiger partial charge in [-0.05, 0) is 119 Å². The van der Waals surface area contributed by atoms with E-state index in [9.17, 15) is 24.9 Å². The van der Waals surface area contributed by atoms with Crippen LogP contribution in [0.4, 0.5) is 0 Å². The molecule has 0 bridgehead atoms. The second-order valence-corrected chi connectivity index (χ2v) is 13.4. The summed E-state index contributed by atoms with van der Waals surface area (Å²) in [5, 5.41) is 33.5. The number of esters is 1. The summed E-state index contributed by atoms with van der Waals surface area (Å²) in [4.78, 5) is 24.4. The summed E-state index contributed by atoms with van der Waals surface area (Å²) >= 11 is 0. The standard InChI is InChI=1S/C28H46O6/c1-16(6-9-22(30)25(32)34-26(2,3)4)19-7-8-21-24-20(11-13-28(19,21)33)27(5)12-10-18(29)14-17(27)15-23(24)31/h16-21,23-24,29,31,33H,6-15H2,1-5H3. The SMILES string of the molecule is CC(CCC(=O)C(=O)OC(C)(C)C)C1CCC2C3C(O)CC4CC(O)CCC4(C)C3CCC12O. The number of aliphatic hydroxyl groups is 3. The molecular formula is C28H46O6. The summed E-state index contributed by atoms with van der Waals surface area (Å²) in [7, 11) is 0. The molecule has 0 heterocycles. The third-order valence-electron chi connectivity index (χ3n) is 10.3. The minimum absolute atomic E-state index is 0.0794. The van der Waals surface area contributed by atoms with Gasteiger partial charge in [0.05, 0.1) is 17.8 Å². The van der Waals surface area contributed by atoms with Crippen LogP contribution in [0.25, 0.3) is 0 Å². The second-order valence-electron chi connectivity index (χ2n) is 13.4. The molecule has 4 aliphatic rings. The van der Waals surface area contributed by atoms with Gasteiger partial charge >= 0.3 is 5.97 Å². The zero-order chi connectivity index (χ0) is 25.1. The number of rotatable bonds is 5. The van der Waals surface area contributed by atoms with Crippen molar-refractivity contribution < 1.29 is 29.6 Å². The minimum atomic E-state index is -0.812. The molecule has 10 atom stereocenters. The average molecular weight is 479 g/mol. The van der Waals surface area contributed by atoms with Crippen molar-refractivity contribution in [2.45, 2.75) is 122 Å². The summed E-state index contributed by atoms with van der Waals surface area (Å²) in [6, 6.07) is 0. The van der Waals surface area contributed by atoms with Crippen LogP contribution in [0.15, 0.2) is 0 Å². The summed E-state index contributed by atoms with van der Waals surface area (Å²) < 4.78 is 5.21. The van der Waals surface area contributed by atoms with Crippen molar-refractivity contribution in [3.8, 4) is 0 Å². The maximum Gasteiger partial charge on any atom is 0.375 e. The van der Waals surface area contributed by atoms with E-state index in [0.717, 1.165) is 51.4 Å². The van der Waals surface area contributed by atoms with Gasteiger partial charge in [0.25, 0.3) is 0 Å². The fourth-order valence-electron chi connectivity index (χ4n) is 8.67. The lowest BCUT2D eigenvalue weighted by Crippen LogP contribution is -2.61. The molecule has 4 rings (SSSR count). The van der Waals surface area contributed by atoms with Gasteiger partial charge in [-0.25, -0.2) is 4.79 Å². The number of ether oxygens (including phenoxy) is 1. The van der Waals surface area contributed by atoms with E-state index in [-0.39, 0.29) is 41.6 Å². The van der Waals surface area contributed by atoms with Crippen LogP contribution >= 0.6 is 0 Å². The van der Waals surface area contributed by atoms with Crippen LogP contribution < -0.4 is 0 Å². The topological polar surface area (TPSA) is 104 Å². The normalized spacial score (nSPS) is 45.0. The molecule has 0 radical (unpaired) electrons. The van der Waals surface area contributed by atoms with Crippen LogP contribution in [-0.4, -0.2) is 50.5 Å². The van der Waals surface area contributed by atoms with Gasteiger partial charge in [-0.15, -0.1) is 0 Å². The van der Waals surface area contributed by atoms with Crippen LogP contribution in [0, 0.1) is 40.9 Å². The summed E-state index contributed by atoms with van der Waals surface area (Å²) in [6.07, 6.45) is 6.86. The van der Waals surface area contributed by atoms with Crippen molar-refractivity contribution in [3.05, 3.63) is 0 Å². The number of hydrogen-bond donors (Lipinski definition) is 3. The first kappa shape index (κ1) is 26.1. The molecule has 4 fully saturated rings. The Balaban J connectivity index is 1.43. The van der Waals surface area contributed by atoms with Gasteiger partial charge in [0.15, 0.2) is 0 Å². The van der Waals surface area contributed by atoms with E-state index in [0.29, 0.717) is 18.3 Å². The largest absolute Gasteiger partial charge is 0.454 e. The monoisotopic (exact) mass is 478 g/mol. The molecule has 0 spiro atoms. The van der Waals surface area contributed by atoms with Crippen molar-refractivity contribution in [2.75, 3.05) is 0 Å². The molecule has 4 saturated carbocycles. The van der Waals surface area contributed by atoms with Gasteiger partial charge in [0, 0.05) is 6.42 Å². The molecular weight excluding hydrogens is 432 g/mol. The third-order valence-corrected chi connectivity index (χ3v) is 10.3. The first-order valence-corrected chi connectivity index (χ1v) is 13.6. The van der Waals surface area contributed by atoms with Gasteiger partial charge in [-0.2, -0.15) is 0 Å². The van der Waals surface area contributed by atoms with E-state index in [2.05, 4.69) is 13.8 Å². The van der Waals surface area contributed by atoms with Crippen molar-refractivity contribution in [1.29, 1.82) is 0 Å². The lowest BCUT2D eigenvalue weighted by molar-refractivity contribution is -0.200. The molecule has 4 aliphatic carbocycles. The lowest BCUT2D eigenvalue weighted by atomic mass is 9.45. The van der Waals surface area contributed by atoms with Crippen LogP contribution in [0.5, 0.6) is 0 Å². The number of carbonyl (C=O) groups excluding carboxylic acids is 2. The maximum absolute atomic E-state index is 12.3. The fraction of sp³-hybridized carbons (Fsp3) is 0.929. The highest BCUT2D eigenvalue weighted by atomic mass is 16.6. The Labute approximate surface area is 204 Å². The summed E-state index contributed by atoms with van der Waals surface area (Å²) in [5.74, 6) is -0.129. The Kier molecular flexibility index (Phi) is 7.02. The number of carbonyl (C=O) groups is 2. The van der Waals surface area contributed by atoms with Crippen molar-refractivity contribution >= 4 is 11.8 Å². The molecule has 0 aromatic carbocycles. The highest BCUT2D eigenvalue weighted by molar-refractivity contribution is 6.33. The van der Waals surface area contributed by atoms with Gasteiger partial charge < -0.3 is 20.1 Å². The van der Waals surface area contributed by atoms with Crippen molar-refractivity contribution in [1.82, 2.24) is 0 Å². The third kappa shape index (κ3) is 4.59. The van der Waals surface area contributed by atoms with Crippen LogP contribution in [-0.2, 0) is 14.3 Å². The number of ketones is 1. The van der Waals surface area contributed by atoms with E-state index in [1.54, 1.807) is 20.8 Å². The lowest BCUT2D eigenvalue weighted by Gasteiger charge is -2.61. The minimum Gasteiger partial charge on any atom is -0.454 e. The van der Waals surface area contributed by atoms with E-state index >= 15 is 0 Å². The number of hydrogen-bond acceptors (Lipinski definition) is 6. The van der Waals surface area contributed by atoms with Crippen molar-refractivity contribution in [3.63, 3.8) is 0 Å². The number of fused-ring (bicyclic) bond motifs is 5. The predicted molar refractivity (Wildman–Crippen MR) is 129 cm³/mol. The van der Waals surface area contributed by atoms with Gasteiger partial charge in [0.2, 0.25) is 5.78 Å². The Morgan fingerprint density at radius 2 is 1.74 bits per heavy atom. The van der Waals surface area contributed by atoms with Crippen molar-refractivity contribution in [2.24, 2.45) is 40.9 Å². The van der Waals surface area contributed by atoms with E-state index in [1.165, 1.54) is 0 Å². The fourth-order valence-corrected chi connectivity index (χ4v) is 8.67. The van der Waals surface area contributed by atoms with Crippen LogP contribution in [0.1, 0.15) is 98.8 Å². The first-order chi connectivity index (χ1) is 15.8. The predicted octanol–water partition coefficient (Wildman–Crippen LogP) is 4.03. The molecule has 6 nitrogen and oxygen atoms in total. The smallest absolute Gasteiger partial charge is 0.375 e. The zero-order valence-corrected chi connectivity index (χ0v) is 21.8. The molecule has 0 aliphatic heterocycles. The Morgan fingerprint density at radius 1 is 1.03 bits per heavy atom. The molecule has 10 unspecified atom stereocenters. The van der Waals surface area contributed by atoms with E-state index in [1.807, 2.05) is 0 Å². The van der Waals surface area contributed by atoms with Gasteiger partial charge in [-0.3, -0.25) is 4.79 Å².